The molecule has 0 unspecified atom stereocenters. The number of phenolic OH excluding ortho intramolecular Hbond substituents is 1. The summed E-state index contributed by atoms with van der Waals surface area (Å²) in [6.07, 6.45) is -1.61. The second-order valence-corrected chi connectivity index (χ2v) is 10.6. The third-order valence-electron chi connectivity index (χ3n) is 7.26. The second-order valence-electron chi connectivity index (χ2n) is 10.6. The van der Waals surface area contributed by atoms with Crippen molar-refractivity contribution in [2.45, 2.75) is 45.9 Å². The molecule has 0 saturated heterocycles. The summed E-state index contributed by atoms with van der Waals surface area (Å²) in [4.78, 5) is 40.2. The van der Waals surface area contributed by atoms with Gasteiger partial charge in [0.2, 0.25) is 0 Å². The zero-order chi connectivity index (χ0) is 31.6. The first-order valence-corrected chi connectivity index (χ1v) is 14.3. The highest BCUT2D eigenvalue weighted by molar-refractivity contribution is 5.97. The summed E-state index contributed by atoms with van der Waals surface area (Å²) in [5.41, 5.74) is 6.39. The molecule has 228 valence electrons. The quantitative estimate of drug-likeness (QED) is 0.193. The lowest BCUT2D eigenvalue weighted by atomic mass is 9.99. The van der Waals surface area contributed by atoms with Crippen molar-refractivity contribution in [3.8, 4) is 11.5 Å². The van der Waals surface area contributed by atoms with Gasteiger partial charge in [0, 0.05) is 11.1 Å². The molecule has 0 heterocycles. The maximum atomic E-state index is 13.9. The van der Waals surface area contributed by atoms with Crippen LogP contribution in [0.25, 0.3) is 0 Å². The van der Waals surface area contributed by atoms with Crippen molar-refractivity contribution in [2.75, 3.05) is 6.61 Å². The summed E-state index contributed by atoms with van der Waals surface area (Å²) in [6.45, 7) is 4.96. The lowest BCUT2D eigenvalue weighted by Gasteiger charge is -2.30. The fraction of sp³-hybridized carbons (Fsp3) is 0.229. The summed E-state index contributed by atoms with van der Waals surface area (Å²) in [7, 11) is 0. The molecule has 4 aromatic carbocycles. The first-order valence-electron chi connectivity index (χ1n) is 14.3. The Morgan fingerprint density at radius 2 is 1.39 bits per heavy atom. The molecule has 9 nitrogen and oxygen atoms in total. The Bertz CT molecular complexity index is 1570. The van der Waals surface area contributed by atoms with Crippen LogP contribution in [-0.4, -0.2) is 51.7 Å². The molecule has 3 amide bonds. The average molecular weight is 596 g/mol. The van der Waals surface area contributed by atoms with Gasteiger partial charge in [-0.25, -0.2) is 5.01 Å². The van der Waals surface area contributed by atoms with Crippen molar-refractivity contribution in [1.29, 1.82) is 0 Å². The normalized spacial score (nSPS) is 12.1. The number of aliphatic hydroxyl groups excluding tert-OH is 1. The molecule has 0 saturated carbocycles. The number of benzene rings is 4. The Balaban J connectivity index is 1.57. The summed E-state index contributed by atoms with van der Waals surface area (Å²) in [5, 5.41) is 25.4. The summed E-state index contributed by atoms with van der Waals surface area (Å²) >= 11 is 0. The zero-order valence-corrected chi connectivity index (χ0v) is 25.0. The van der Waals surface area contributed by atoms with Crippen LogP contribution in [0.5, 0.6) is 11.5 Å². The number of para-hydroxylation sites is 1. The third kappa shape index (κ3) is 8.23. The van der Waals surface area contributed by atoms with Crippen LogP contribution in [-0.2, 0) is 22.6 Å². The van der Waals surface area contributed by atoms with Crippen LogP contribution in [0.3, 0.4) is 0 Å². The Morgan fingerprint density at radius 3 is 2.02 bits per heavy atom. The van der Waals surface area contributed by atoms with Crippen molar-refractivity contribution >= 4 is 17.7 Å². The highest BCUT2D eigenvalue weighted by Crippen LogP contribution is 2.22. The van der Waals surface area contributed by atoms with Crippen molar-refractivity contribution in [1.82, 2.24) is 15.8 Å². The summed E-state index contributed by atoms with van der Waals surface area (Å²) in [6, 6.07) is 27.3. The van der Waals surface area contributed by atoms with Crippen LogP contribution in [0.2, 0.25) is 0 Å². The average Bonchev–Trinajstić information content (AvgIpc) is 3.01. The second kappa shape index (κ2) is 14.8. The Kier molecular flexibility index (Phi) is 10.7. The van der Waals surface area contributed by atoms with Gasteiger partial charge in [-0.1, -0.05) is 84.9 Å². The molecule has 4 rings (SSSR count). The molecule has 0 bridgehead atoms. The van der Waals surface area contributed by atoms with E-state index in [0.29, 0.717) is 16.9 Å². The van der Waals surface area contributed by atoms with Crippen molar-refractivity contribution in [3.63, 3.8) is 0 Å². The Hall–Kier alpha value is -5.15. The Labute approximate surface area is 257 Å². The number of hydrogen-bond acceptors (Lipinski definition) is 6. The predicted molar refractivity (Wildman–Crippen MR) is 167 cm³/mol. The maximum Gasteiger partial charge on any atom is 0.276 e. The van der Waals surface area contributed by atoms with Crippen molar-refractivity contribution < 1.29 is 29.3 Å². The molecule has 9 heteroatoms. The van der Waals surface area contributed by atoms with E-state index in [-0.39, 0.29) is 30.9 Å². The molecule has 4 aromatic rings. The van der Waals surface area contributed by atoms with Gasteiger partial charge in [0.25, 0.3) is 17.7 Å². The van der Waals surface area contributed by atoms with Gasteiger partial charge in [-0.3, -0.25) is 19.8 Å². The number of phenols is 1. The number of rotatable bonds is 11. The molecule has 2 atom stereocenters. The number of aromatic hydroxyl groups is 1. The fourth-order valence-corrected chi connectivity index (χ4v) is 4.84. The van der Waals surface area contributed by atoms with Crippen molar-refractivity contribution in [3.05, 3.63) is 130 Å². The van der Waals surface area contributed by atoms with Crippen LogP contribution in [0.4, 0.5) is 0 Å². The molecule has 0 aromatic heterocycles. The van der Waals surface area contributed by atoms with Crippen LogP contribution >= 0.6 is 0 Å². The number of nitrogens with zero attached hydrogens (tertiary/aromatic N) is 1. The standard InChI is InChI=1S/C35H37N3O6/c1-23-12-10-13-24(2)33(23)44-22-31(40)37-38(21-27-16-8-5-9-17-27)35(43)32(41)29(20-26-14-6-4-7-15-26)36-34(42)28-18-11-19-30(39)25(28)3/h4-19,29,32,39,41H,20-22H2,1-3H3,(H,36,42)(H,37,40)/t29-,32-/m0/s1. The minimum Gasteiger partial charge on any atom is -0.508 e. The molecule has 4 N–H and O–H groups in total. The monoisotopic (exact) mass is 595 g/mol. The number of amides is 3. The van der Waals surface area contributed by atoms with Crippen LogP contribution in [0.15, 0.2) is 97.1 Å². The number of carbonyl (C=O) groups is 3. The number of aliphatic hydroxyl groups is 1. The molecule has 0 aliphatic carbocycles. The first kappa shape index (κ1) is 31.8. The zero-order valence-electron chi connectivity index (χ0n) is 25.0. The van der Waals surface area contributed by atoms with Gasteiger partial charge in [-0.2, -0.15) is 0 Å². The van der Waals surface area contributed by atoms with Gasteiger partial charge in [0.1, 0.15) is 11.5 Å². The number of ether oxygens (including phenoxy) is 1. The lowest BCUT2D eigenvalue weighted by molar-refractivity contribution is -0.151. The molecule has 0 aliphatic heterocycles. The first-order chi connectivity index (χ1) is 21.1. The number of nitrogens with one attached hydrogen (secondary N) is 2. The van der Waals surface area contributed by atoms with Gasteiger partial charge in [-0.15, -0.1) is 0 Å². The molecule has 0 aliphatic rings. The van der Waals surface area contributed by atoms with Crippen molar-refractivity contribution in [2.24, 2.45) is 0 Å². The maximum absolute atomic E-state index is 13.9. The van der Waals surface area contributed by atoms with Gasteiger partial charge in [-0.05, 0) is 61.6 Å². The molecule has 0 spiro atoms. The van der Waals surface area contributed by atoms with E-state index in [4.69, 9.17) is 4.74 Å². The van der Waals surface area contributed by atoms with Gasteiger partial charge in [0.15, 0.2) is 12.7 Å². The summed E-state index contributed by atoms with van der Waals surface area (Å²) in [5.74, 6) is -1.44. The number of hydrogen-bond donors (Lipinski definition) is 4. The Morgan fingerprint density at radius 1 is 0.795 bits per heavy atom. The van der Waals surface area contributed by atoms with Gasteiger partial charge < -0.3 is 20.3 Å². The third-order valence-corrected chi connectivity index (χ3v) is 7.26. The van der Waals surface area contributed by atoms with E-state index in [2.05, 4.69) is 10.7 Å². The SMILES string of the molecule is Cc1cccc(C)c1OCC(=O)NN(Cc1ccccc1)C(=O)[C@@H](O)[C@H](Cc1ccccc1)NC(=O)c1cccc(O)c1C. The van der Waals surface area contributed by atoms with Gasteiger partial charge >= 0.3 is 0 Å². The van der Waals surface area contributed by atoms with E-state index >= 15 is 0 Å². The van der Waals surface area contributed by atoms with Gasteiger partial charge in [0.05, 0.1) is 12.6 Å². The summed E-state index contributed by atoms with van der Waals surface area (Å²) < 4.78 is 5.78. The fourth-order valence-electron chi connectivity index (χ4n) is 4.84. The minimum atomic E-state index is -1.74. The molecular weight excluding hydrogens is 558 g/mol. The number of carbonyl (C=O) groups excluding carboxylic acids is 3. The molecule has 0 fully saturated rings. The molecular formula is C35H37N3O6. The van der Waals surface area contributed by atoms with Crippen LogP contribution in [0, 0.1) is 20.8 Å². The predicted octanol–water partition coefficient (Wildman–Crippen LogP) is 4.16. The van der Waals surface area contributed by atoms with E-state index in [1.165, 1.54) is 6.07 Å². The lowest BCUT2D eigenvalue weighted by Crippen LogP contribution is -2.57. The molecule has 44 heavy (non-hydrogen) atoms. The van der Waals surface area contributed by atoms with E-state index in [1.54, 1.807) is 43.3 Å². The molecule has 0 radical (unpaired) electrons. The number of hydrazine groups is 1. The highest BCUT2D eigenvalue weighted by Gasteiger charge is 2.33. The van der Waals surface area contributed by atoms with E-state index < -0.39 is 29.9 Å². The number of aryl methyl sites for hydroxylation is 2. The minimum absolute atomic E-state index is 0.0382. The topological polar surface area (TPSA) is 128 Å². The largest absolute Gasteiger partial charge is 0.508 e. The smallest absolute Gasteiger partial charge is 0.276 e. The van der Waals surface area contributed by atoms with E-state index in [9.17, 15) is 24.6 Å². The highest BCUT2D eigenvalue weighted by atomic mass is 16.5. The van der Waals surface area contributed by atoms with E-state index in [0.717, 1.165) is 21.7 Å². The van der Waals surface area contributed by atoms with Crippen LogP contribution in [0.1, 0.15) is 38.2 Å². The van der Waals surface area contributed by atoms with Crippen LogP contribution < -0.4 is 15.5 Å². The van der Waals surface area contributed by atoms with E-state index in [1.807, 2.05) is 68.4 Å².